The molecular weight excluding hydrogens is 594 g/mol. The number of aromatic nitrogens is 2. The Morgan fingerprint density at radius 3 is 2.55 bits per heavy atom. The molecule has 0 bridgehead atoms. The number of hydrogen-bond donors (Lipinski definition) is 0. The van der Waals surface area contributed by atoms with Crippen molar-refractivity contribution in [2.45, 2.75) is 31.7 Å². The minimum atomic E-state index is -0.0341. The van der Waals surface area contributed by atoms with Crippen molar-refractivity contribution in [3.8, 4) is 28.6 Å². The van der Waals surface area contributed by atoms with E-state index >= 15 is 0 Å². The van der Waals surface area contributed by atoms with Crippen LogP contribution in [-0.4, -0.2) is 102 Å². The van der Waals surface area contributed by atoms with E-state index in [4.69, 9.17) is 19.2 Å². The Hall–Kier alpha value is -4.83. The molecule has 2 fully saturated rings. The summed E-state index contributed by atoms with van der Waals surface area (Å²) < 4.78 is 19.1. The summed E-state index contributed by atoms with van der Waals surface area (Å²) in [7, 11) is 3.26. The second kappa shape index (κ2) is 13.5. The molecule has 2 aromatic carbocycles. The van der Waals surface area contributed by atoms with E-state index in [1.165, 1.54) is 0 Å². The maximum absolute atomic E-state index is 13.7. The van der Waals surface area contributed by atoms with Crippen LogP contribution in [0.2, 0.25) is 0 Å². The lowest BCUT2D eigenvalue weighted by atomic mass is 10.1. The van der Waals surface area contributed by atoms with Gasteiger partial charge in [0.25, 0.3) is 11.8 Å². The van der Waals surface area contributed by atoms with Crippen LogP contribution in [0.1, 0.15) is 52.1 Å². The molecule has 10 heteroatoms. The van der Waals surface area contributed by atoms with Gasteiger partial charge in [-0.3, -0.25) is 18.9 Å². The highest BCUT2D eigenvalue weighted by Gasteiger charge is 2.32. The third kappa shape index (κ3) is 6.17. The summed E-state index contributed by atoms with van der Waals surface area (Å²) in [6.07, 6.45) is 10.1. The summed E-state index contributed by atoms with van der Waals surface area (Å²) in [6.45, 7) is 5.26. The Morgan fingerprint density at radius 2 is 1.77 bits per heavy atom. The summed E-state index contributed by atoms with van der Waals surface area (Å²) in [4.78, 5) is 38.0. The van der Waals surface area contributed by atoms with E-state index in [0.717, 1.165) is 80.1 Å². The summed E-state index contributed by atoms with van der Waals surface area (Å²) in [5.74, 6) is 2.80. The highest BCUT2D eigenvalue weighted by molar-refractivity contribution is 6.01. The average molecular weight is 636 g/mol. The predicted octanol–water partition coefficient (Wildman–Crippen LogP) is 5.27. The fraction of sp³-hybridized carbons (Fsp3) is 0.378. The van der Waals surface area contributed by atoms with E-state index in [2.05, 4.69) is 17.1 Å². The number of amides is 2. The van der Waals surface area contributed by atoms with Gasteiger partial charge in [0.2, 0.25) is 0 Å². The topological polar surface area (TPSA) is 88.9 Å². The Balaban J connectivity index is 0.913. The lowest BCUT2D eigenvalue weighted by molar-refractivity contribution is 0.0630. The predicted molar refractivity (Wildman–Crippen MR) is 180 cm³/mol. The number of carbonyl (C=O) groups is 2. The fourth-order valence-corrected chi connectivity index (χ4v) is 6.87. The van der Waals surface area contributed by atoms with Crippen molar-refractivity contribution >= 4 is 23.4 Å². The molecule has 1 atom stereocenters. The molecule has 7 rings (SSSR count). The number of ether oxygens (including phenoxy) is 3. The third-order valence-electron chi connectivity index (χ3n) is 9.51. The van der Waals surface area contributed by atoms with Gasteiger partial charge in [-0.2, -0.15) is 0 Å². The van der Waals surface area contributed by atoms with Crippen molar-refractivity contribution in [3.05, 3.63) is 83.7 Å². The minimum absolute atomic E-state index is 0.0341. The molecule has 2 saturated heterocycles. The van der Waals surface area contributed by atoms with Gasteiger partial charge < -0.3 is 24.0 Å². The maximum atomic E-state index is 13.7. The van der Waals surface area contributed by atoms with Gasteiger partial charge in [0.1, 0.15) is 11.6 Å². The second-order valence-corrected chi connectivity index (χ2v) is 12.3. The molecule has 3 aliphatic heterocycles. The highest BCUT2D eigenvalue weighted by Crippen LogP contribution is 2.35. The Kier molecular flexibility index (Phi) is 8.84. The quantitative estimate of drug-likeness (QED) is 0.220. The van der Waals surface area contributed by atoms with Gasteiger partial charge in [-0.15, -0.1) is 0 Å². The second-order valence-electron chi connectivity index (χ2n) is 12.3. The number of imidazole rings is 1. The molecule has 3 aliphatic rings. The molecule has 0 spiro atoms. The molecule has 244 valence electrons. The Morgan fingerprint density at radius 1 is 0.936 bits per heavy atom. The lowest BCUT2D eigenvalue weighted by Crippen LogP contribution is -2.49. The first-order valence-corrected chi connectivity index (χ1v) is 16.5. The van der Waals surface area contributed by atoms with Crippen LogP contribution in [0, 0.1) is 0 Å². The van der Waals surface area contributed by atoms with Gasteiger partial charge in [0.05, 0.1) is 37.9 Å². The number of rotatable bonds is 10. The van der Waals surface area contributed by atoms with Crippen molar-refractivity contribution in [1.29, 1.82) is 0 Å². The van der Waals surface area contributed by atoms with Crippen molar-refractivity contribution in [1.82, 2.24) is 24.1 Å². The Bertz CT molecular complexity index is 1790. The van der Waals surface area contributed by atoms with Crippen LogP contribution in [0.3, 0.4) is 0 Å². The minimum Gasteiger partial charge on any atom is -0.497 e. The number of hydrogen-bond acceptors (Lipinski definition) is 7. The molecule has 0 radical (unpaired) electrons. The number of carbonyl (C=O) groups excluding carboxylic acids is 2. The molecule has 5 heterocycles. The standard InChI is InChI=1S/C37H41N5O5/c1-45-29-14-11-26(12-15-29)35-38-34(31-9-3-4-17-42(31)35)37(44)40-21-19-39(20-22-40)16-5-6-23-47-33-24-27-10-13-28-8-7-18-41(28)36(43)30(27)25-32(33)46-2/h3-4,9-15,17,24-25,28H,5-8,16,18-23H2,1-2H3/t28-/m0/s1. The van der Waals surface area contributed by atoms with E-state index in [0.29, 0.717) is 42.5 Å². The first kappa shape index (κ1) is 30.8. The molecular formula is C37H41N5O5. The van der Waals surface area contributed by atoms with E-state index < -0.39 is 0 Å². The van der Waals surface area contributed by atoms with Crippen LogP contribution in [0.15, 0.2) is 66.9 Å². The van der Waals surface area contributed by atoms with Gasteiger partial charge in [-0.25, -0.2) is 4.98 Å². The summed E-state index contributed by atoms with van der Waals surface area (Å²) in [5, 5.41) is 0. The molecule has 2 amide bonds. The van der Waals surface area contributed by atoms with Crippen LogP contribution >= 0.6 is 0 Å². The van der Waals surface area contributed by atoms with Gasteiger partial charge >= 0.3 is 0 Å². The highest BCUT2D eigenvalue weighted by atomic mass is 16.5. The monoisotopic (exact) mass is 635 g/mol. The first-order valence-electron chi connectivity index (χ1n) is 16.5. The SMILES string of the molecule is COc1ccc(-c2nc(C(=O)N3CCN(CCCCOc4cc5c(cc4OC)C(=O)N4CCC[C@H]4C=C5)CC3)c3ccccn23)cc1. The van der Waals surface area contributed by atoms with E-state index in [-0.39, 0.29) is 17.9 Å². The number of pyridine rings is 1. The summed E-state index contributed by atoms with van der Waals surface area (Å²) in [5.41, 5.74) is 3.77. The maximum Gasteiger partial charge on any atom is 0.274 e. The van der Waals surface area contributed by atoms with Crippen molar-refractivity contribution in [2.24, 2.45) is 0 Å². The molecule has 0 N–H and O–H groups in total. The first-order chi connectivity index (χ1) is 23.0. The molecule has 0 saturated carbocycles. The zero-order valence-corrected chi connectivity index (χ0v) is 27.1. The molecule has 0 unspecified atom stereocenters. The number of fused-ring (bicyclic) bond motifs is 3. The number of methoxy groups -OCH3 is 2. The average Bonchev–Trinajstić information content (AvgIpc) is 3.73. The van der Waals surface area contributed by atoms with Crippen molar-refractivity contribution in [2.75, 3.05) is 60.1 Å². The molecule has 0 aliphatic carbocycles. The van der Waals surface area contributed by atoms with E-state index in [1.54, 1.807) is 14.2 Å². The zero-order chi connectivity index (χ0) is 32.3. The number of unbranched alkanes of at least 4 members (excludes halogenated alkanes) is 1. The van der Waals surface area contributed by atoms with Crippen molar-refractivity contribution in [3.63, 3.8) is 0 Å². The zero-order valence-electron chi connectivity index (χ0n) is 27.1. The summed E-state index contributed by atoms with van der Waals surface area (Å²) in [6, 6.07) is 17.5. The van der Waals surface area contributed by atoms with Gasteiger partial charge in [-0.05, 0) is 86.3 Å². The van der Waals surface area contributed by atoms with Crippen molar-refractivity contribution < 1.29 is 23.8 Å². The fourth-order valence-electron chi connectivity index (χ4n) is 6.87. The van der Waals surface area contributed by atoms with Crippen LogP contribution in [-0.2, 0) is 0 Å². The van der Waals surface area contributed by atoms with E-state index in [1.807, 2.05) is 75.0 Å². The number of benzene rings is 2. The van der Waals surface area contributed by atoms with Gasteiger partial charge in [0, 0.05) is 44.5 Å². The molecule has 10 nitrogen and oxygen atoms in total. The number of nitrogens with zero attached hydrogens (tertiary/aromatic N) is 5. The van der Waals surface area contributed by atoms with Crippen LogP contribution in [0.25, 0.3) is 23.0 Å². The molecule has 4 aromatic rings. The molecule has 47 heavy (non-hydrogen) atoms. The van der Waals surface area contributed by atoms with E-state index in [9.17, 15) is 9.59 Å². The normalized spacial score (nSPS) is 17.8. The van der Waals surface area contributed by atoms with Gasteiger partial charge in [-0.1, -0.05) is 18.2 Å². The molecule has 2 aromatic heterocycles. The summed E-state index contributed by atoms with van der Waals surface area (Å²) >= 11 is 0. The number of piperazine rings is 1. The largest absolute Gasteiger partial charge is 0.497 e. The lowest BCUT2D eigenvalue weighted by Gasteiger charge is -2.34. The van der Waals surface area contributed by atoms with Crippen LogP contribution < -0.4 is 14.2 Å². The van der Waals surface area contributed by atoms with Crippen LogP contribution in [0.4, 0.5) is 0 Å². The van der Waals surface area contributed by atoms with Gasteiger partial charge in [0.15, 0.2) is 17.2 Å². The van der Waals surface area contributed by atoms with Crippen LogP contribution in [0.5, 0.6) is 17.2 Å². The Labute approximate surface area is 275 Å². The smallest absolute Gasteiger partial charge is 0.274 e. The third-order valence-corrected chi connectivity index (χ3v) is 9.51.